The SMILES string of the molecule is CCC/C=C\C/C=C\CCCCCCCC(=O)OCCCCCCCCCCCCCCCC(=O)NC(CO)C(O)/C=C/CCCCCCCCCCCCCCCCCCCCC. The molecule has 376 valence electrons. The summed E-state index contributed by atoms with van der Waals surface area (Å²) < 4.78 is 5.45. The van der Waals surface area contributed by atoms with Crippen LogP contribution in [0.1, 0.15) is 296 Å². The Kier molecular flexibility index (Phi) is 52.1. The molecule has 64 heavy (non-hydrogen) atoms. The van der Waals surface area contributed by atoms with Crippen LogP contribution in [0.3, 0.4) is 0 Å². The normalized spacial score (nSPS) is 12.9. The molecule has 0 fully saturated rings. The van der Waals surface area contributed by atoms with E-state index in [4.69, 9.17) is 4.74 Å². The summed E-state index contributed by atoms with van der Waals surface area (Å²) in [6, 6.07) is -0.639. The van der Waals surface area contributed by atoms with Crippen LogP contribution >= 0.6 is 0 Å². The van der Waals surface area contributed by atoms with E-state index in [1.54, 1.807) is 6.08 Å². The minimum Gasteiger partial charge on any atom is -0.466 e. The lowest BCUT2D eigenvalue weighted by Crippen LogP contribution is -2.45. The van der Waals surface area contributed by atoms with Crippen molar-refractivity contribution in [1.82, 2.24) is 5.32 Å². The molecule has 0 radical (unpaired) electrons. The second-order valence-electron chi connectivity index (χ2n) is 19.3. The van der Waals surface area contributed by atoms with Crippen molar-refractivity contribution in [2.75, 3.05) is 13.2 Å². The Morgan fingerprint density at radius 3 is 1.25 bits per heavy atom. The van der Waals surface area contributed by atoms with E-state index in [1.165, 1.54) is 199 Å². The van der Waals surface area contributed by atoms with Gasteiger partial charge >= 0.3 is 5.97 Å². The van der Waals surface area contributed by atoms with Crippen LogP contribution in [-0.2, 0) is 14.3 Å². The fourth-order valence-corrected chi connectivity index (χ4v) is 8.55. The molecule has 1 amide bonds. The Balaban J connectivity index is 3.50. The summed E-state index contributed by atoms with van der Waals surface area (Å²) in [4.78, 5) is 24.5. The zero-order valence-electron chi connectivity index (χ0n) is 42.8. The zero-order chi connectivity index (χ0) is 46.5. The number of carbonyl (C=O) groups excluding carboxylic acids is 2. The van der Waals surface area contributed by atoms with Crippen molar-refractivity contribution in [2.24, 2.45) is 0 Å². The Bertz CT molecular complexity index is 1040. The number of aliphatic hydroxyl groups excluding tert-OH is 2. The number of nitrogens with one attached hydrogen (secondary N) is 1. The van der Waals surface area contributed by atoms with Crippen LogP contribution in [0.5, 0.6) is 0 Å². The molecule has 0 aliphatic heterocycles. The number of esters is 1. The fourth-order valence-electron chi connectivity index (χ4n) is 8.55. The molecule has 0 aliphatic rings. The number of hydrogen-bond acceptors (Lipinski definition) is 5. The minimum atomic E-state index is -0.855. The van der Waals surface area contributed by atoms with Crippen molar-refractivity contribution in [3.63, 3.8) is 0 Å². The third-order valence-corrected chi connectivity index (χ3v) is 12.9. The van der Waals surface area contributed by atoms with E-state index < -0.39 is 12.1 Å². The van der Waals surface area contributed by atoms with Gasteiger partial charge < -0.3 is 20.3 Å². The number of allylic oxidation sites excluding steroid dienone is 5. The molecule has 0 aromatic carbocycles. The molecular formula is C58H109NO5. The molecule has 0 aromatic rings. The van der Waals surface area contributed by atoms with Crippen LogP contribution < -0.4 is 5.32 Å². The topological polar surface area (TPSA) is 95.9 Å². The highest BCUT2D eigenvalue weighted by atomic mass is 16.5. The van der Waals surface area contributed by atoms with Crippen molar-refractivity contribution in [2.45, 2.75) is 309 Å². The monoisotopic (exact) mass is 900 g/mol. The predicted molar refractivity (Wildman–Crippen MR) is 278 cm³/mol. The van der Waals surface area contributed by atoms with Crippen molar-refractivity contribution >= 4 is 11.9 Å². The third-order valence-electron chi connectivity index (χ3n) is 12.9. The van der Waals surface area contributed by atoms with E-state index in [-0.39, 0.29) is 18.5 Å². The van der Waals surface area contributed by atoms with Crippen LogP contribution in [0, 0.1) is 0 Å². The number of ether oxygens (including phenoxy) is 1. The van der Waals surface area contributed by atoms with Gasteiger partial charge in [-0.15, -0.1) is 0 Å². The van der Waals surface area contributed by atoms with Gasteiger partial charge in [-0.2, -0.15) is 0 Å². The quantitative estimate of drug-likeness (QED) is 0.0321. The number of aliphatic hydroxyl groups is 2. The lowest BCUT2D eigenvalue weighted by Gasteiger charge is -2.20. The Morgan fingerprint density at radius 1 is 0.438 bits per heavy atom. The highest BCUT2D eigenvalue weighted by molar-refractivity contribution is 5.76. The second kappa shape index (κ2) is 53.7. The first-order valence-corrected chi connectivity index (χ1v) is 28.3. The number of carbonyl (C=O) groups is 2. The maximum absolute atomic E-state index is 12.5. The van der Waals surface area contributed by atoms with Gasteiger partial charge in [-0.1, -0.05) is 262 Å². The average molecular weight is 901 g/mol. The van der Waals surface area contributed by atoms with Gasteiger partial charge in [0, 0.05) is 12.8 Å². The van der Waals surface area contributed by atoms with Crippen molar-refractivity contribution in [3.8, 4) is 0 Å². The van der Waals surface area contributed by atoms with Crippen molar-refractivity contribution in [1.29, 1.82) is 0 Å². The average Bonchev–Trinajstić information content (AvgIpc) is 3.29. The highest BCUT2D eigenvalue weighted by Gasteiger charge is 2.18. The number of unbranched alkanes of at least 4 members (excludes halogenated alkanes) is 37. The van der Waals surface area contributed by atoms with E-state index >= 15 is 0 Å². The molecule has 0 saturated heterocycles. The molecule has 6 heteroatoms. The van der Waals surface area contributed by atoms with E-state index in [9.17, 15) is 19.8 Å². The minimum absolute atomic E-state index is 0.0221. The van der Waals surface area contributed by atoms with Gasteiger partial charge in [-0.3, -0.25) is 9.59 Å². The smallest absolute Gasteiger partial charge is 0.305 e. The summed E-state index contributed by atoms with van der Waals surface area (Å²) in [5, 5.41) is 23.2. The van der Waals surface area contributed by atoms with E-state index in [0.29, 0.717) is 19.4 Å². The Labute approximate surface area is 398 Å². The van der Waals surface area contributed by atoms with Crippen LogP contribution in [0.15, 0.2) is 36.5 Å². The van der Waals surface area contributed by atoms with E-state index in [0.717, 1.165) is 70.6 Å². The lowest BCUT2D eigenvalue weighted by atomic mass is 10.0. The lowest BCUT2D eigenvalue weighted by molar-refractivity contribution is -0.143. The number of amides is 1. The maximum atomic E-state index is 12.5. The van der Waals surface area contributed by atoms with Crippen molar-refractivity contribution < 1.29 is 24.5 Å². The maximum Gasteiger partial charge on any atom is 0.305 e. The first kappa shape index (κ1) is 62.1. The molecule has 2 unspecified atom stereocenters. The van der Waals surface area contributed by atoms with Gasteiger partial charge in [-0.05, 0) is 57.8 Å². The summed E-state index contributed by atoms with van der Waals surface area (Å²) in [6.45, 7) is 4.82. The molecule has 0 rings (SSSR count). The molecule has 0 heterocycles. The molecular weight excluding hydrogens is 791 g/mol. The predicted octanol–water partition coefficient (Wildman–Crippen LogP) is 17.2. The van der Waals surface area contributed by atoms with Crippen LogP contribution in [0.25, 0.3) is 0 Å². The third kappa shape index (κ3) is 49.5. The van der Waals surface area contributed by atoms with Crippen molar-refractivity contribution in [3.05, 3.63) is 36.5 Å². The molecule has 3 N–H and O–H groups in total. The molecule has 0 saturated carbocycles. The van der Waals surface area contributed by atoms with E-state index in [1.807, 2.05) is 6.08 Å². The molecule has 0 aliphatic carbocycles. The van der Waals surface area contributed by atoms with Gasteiger partial charge in [0.05, 0.1) is 25.4 Å². The van der Waals surface area contributed by atoms with Gasteiger partial charge in [-0.25, -0.2) is 0 Å². The number of hydrogen-bond donors (Lipinski definition) is 3. The summed E-state index contributed by atoms with van der Waals surface area (Å²) in [6.07, 6.45) is 65.8. The summed E-state index contributed by atoms with van der Waals surface area (Å²) >= 11 is 0. The second-order valence-corrected chi connectivity index (χ2v) is 19.3. The molecule has 6 nitrogen and oxygen atoms in total. The van der Waals surface area contributed by atoms with Gasteiger partial charge in [0.25, 0.3) is 0 Å². The van der Waals surface area contributed by atoms with Crippen LogP contribution in [0.4, 0.5) is 0 Å². The highest BCUT2D eigenvalue weighted by Crippen LogP contribution is 2.17. The summed E-state index contributed by atoms with van der Waals surface area (Å²) in [5.74, 6) is -0.102. The van der Waals surface area contributed by atoms with Crippen LogP contribution in [0.2, 0.25) is 0 Å². The standard InChI is InChI=1S/C58H109NO5/c1-3-5-7-9-11-13-15-17-18-19-20-21-22-23-24-27-30-34-38-42-46-50-56(61)55(54-60)59-57(62)51-47-43-39-35-31-28-25-29-33-37-41-45-49-53-64-58(63)52-48-44-40-36-32-26-16-14-12-10-8-6-4-2/h8,10,14,16,46,50,55-56,60-61H,3-7,9,11-13,15,17-45,47-49,51-54H2,1-2H3,(H,59,62)/b10-8-,16-14-,50-46+. The first-order valence-electron chi connectivity index (χ1n) is 28.3. The number of rotatable bonds is 52. The molecule has 0 aromatic heterocycles. The fraction of sp³-hybridized carbons (Fsp3) is 0.862. The van der Waals surface area contributed by atoms with Gasteiger partial charge in [0.1, 0.15) is 0 Å². The molecule has 2 atom stereocenters. The Morgan fingerprint density at radius 2 is 0.812 bits per heavy atom. The van der Waals surface area contributed by atoms with Gasteiger partial charge in [0.2, 0.25) is 5.91 Å². The largest absolute Gasteiger partial charge is 0.466 e. The van der Waals surface area contributed by atoms with Crippen LogP contribution in [-0.4, -0.2) is 47.4 Å². The van der Waals surface area contributed by atoms with Gasteiger partial charge in [0.15, 0.2) is 0 Å². The molecule has 0 spiro atoms. The molecule has 0 bridgehead atoms. The Hall–Kier alpha value is -1.92. The summed E-state index contributed by atoms with van der Waals surface area (Å²) in [7, 11) is 0. The zero-order valence-corrected chi connectivity index (χ0v) is 42.8. The first-order chi connectivity index (χ1) is 31.5. The summed E-state index contributed by atoms with van der Waals surface area (Å²) in [5.41, 5.74) is 0. The van der Waals surface area contributed by atoms with E-state index in [2.05, 4.69) is 43.5 Å².